The van der Waals surface area contributed by atoms with Gasteiger partial charge in [0.25, 0.3) is 0 Å². The summed E-state index contributed by atoms with van der Waals surface area (Å²) in [6, 6.07) is 0. The molecule has 0 unspecified atom stereocenters. The molecule has 0 fully saturated rings. The summed E-state index contributed by atoms with van der Waals surface area (Å²) in [5, 5.41) is 0. The van der Waals surface area contributed by atoms with E-state index >= 15 is 0 Å². The van der Waals surface area contributed by atoms with Crippen LogP contribution in [0.2, 0.25) is 0 Å². The second-order valence-electron chi connectivity index (χ2n) is 2.30. The predicted octanol–water partition coefficient (Wildman–Crippen LogP) is 0.886. The zero-order chi connectivity index (χ0) is 6.41. The lowest BCUT2D eigenvalue weighted by Gasteiger charge is -2.06. The largest absolute Gasteiger partial charge is 0.271 e. The first-order valence-electron chi connectivity index (χ1n) is 3.24. The Balaban J connectivity index is 2.92. The highest BCUT2D eigenvalue weighted by Crippen LogP contribution is 2.01. The van der Waals surface area contributed by atoms with Gasteiger partial charge in [0.1, 0.15) is 0 Å². The molecule has 0 saturated heterocycles. The van der Waals surface area contributed by atoms with Crippen molar-refractivity contribution >= 4 is 0 Å². The molecule has 2 heteroatoms. The van der Waals surface area contributed by atoms with E-state index in [4.69, 9.17) is 5.84 Å². The Labute approximate surface area is 51.4 Å². The lowest BCUT2D eigenvalue weighted by molar-refractivity contribution is 0.484. The van der Waals surface area contributed by atoms with E-state index in [1.54, 1.807) is 0 Å². The normalized spacial score (nSPS) is 13.9. The van der Waals surface area contributed by atoms with Crippen molar-refractivity contribution in [1.82, 2.24) is 5.43 Å². The summed E-state index contributed by atoms with van der Waals surface area (Å²) in [4.78, 5) is 0. The van der Waals surface area contributed by atoms with Crippen LogP contribution in [0, 0.1) is 5.92 Å². The summed E-state index contributed by atoms with van der Waals surface area (Å²) in [5.41, 5.74) is 2.65. The zero-order valence-corrected chi connectivity index (χ0v) is 5.78. The number of hydrogen-bond acceptors (Lipinski definition) is 2. The summed E-state index contributed by atoms with van der Waals surface area (Å²) in [5.74, 6) is 5.84. The number of nitrogens with one attached hydrogen (secondary N) is 1. The van der Waals surface area contributed by atoms with Crippen molar-refractivity contribution in [2.45, 2.75) is 26.7 Å². The average molecular weight is 116 g/mol. The lowest BCUT2D eigenvalue weighted by atomic mass is 10.1. The van der Waals surface area contributed by atoms with Gasteiger partial charge in [-0.3, -0.25) is 11.3 Å². The van der Waals surface area contributed by atoms with Crippen molar-refractivity contribution in [3.8, 4) is 0 Å². The minimum Gasteiger partial charge on any atom is -0.271 e. The van der Waals surface area contributed by atoms with E-state index in [0.717, 1.165) is 12.5 Å². The smallest absolute Gasteiger partial charge is 0.0123 e. The molecule has 0 aliphatic heterocycles. The molecule has 0 bridgehead atoms. The first kappa shape index (κ1) is 7.92. The molecule has 0 heterocycles. The van der Waals surface area contributed by atoms with Crippen LogP contribution in [0.1, 0.15) is 26.7 Å². The predicted molar refractivity (Wildman–Crippen MR) is 36.3 cm³/mol. The average Bonchev–Trinajstić information content (AvgIpc) is 1.68. The quantitative estimate of drug-likeness (QED) is 0.423. The van der Waals surface area contributed by atoms with Gasteiger partial charge in [-0.2, -0.15) is 0 Å². The number of rotatable bonds is 4. The number of nitrogens with two attached hydrogens (primary N) is 1. The van der Waals surface area contributed by atoms with E-state index in [0.29, 0.717) is 0 Å². The number of hydrazine groups is 1. The number of hydrogen-bond donors (Lipinski definition) is 2. The summed E-state index contributed by atoms with van der Waals surface area (Å²) in [7, 11) is 0. The fourth-order valence-corrected chi connectivity index (χ4v) is 0.796. The molecular weight excluding hydrogens is 100 g/mol. The molecule has 0 amide bonds. The maximum absolute atomic E-state index is 5.11. The van der Waals surface area contributed by atoms with Gasteiger partial charge in [0.2, 0.25) is 0 Å². The second-order valence-corrected chi connectivity index (χ2v) is 2.30. The van der Waals surface area contributed by atoms with Crippen molar-refractivity contribution in [3.05, 3.63) is 0 Å². The molecule has 0 radical (unpaired) electrons. The molecule has 50 valence electrons. The third-order valence-corrected chi connectivity index (χ3v) is 1.25. The Bertz CT molecular complexity index is 39.8. The minimum absolute atomic E-state index is 0.727. The van der Waals surface area contributed by atoms with E-state index in [2.05, 4.69) is 19.3 Å². The van der Waals surface area contributed by atoms with Crippen LogP contribution >= 0.6 is 0 Å². The highest BCUT2D eigenvalue weighted by atomic mass is 15.2. The Morgan fingerprint density at radius 1 is 1.62 bits per heavy atom. The van der Waals surface area contributed by atoms with Gasteiger partial charge in [-0.05, 0) is 12.3 Å². The fraction of sp³-hybridized carbons (Fsp3) is 1.00. The minimum atomic E-state index is 0.727. The van der Waals surface area contributed by atoms with Gasteiger partial charge >= 0.3 is 0 Å². The van der Waals surface area contributed by atoms with Crippen molar-refractivity contribution in [2.24, 2.45) is 11.8 Å². The van der Waals surface area contributed by atoms with Gasteiger partial charge in [0.05, 0.1) is 0 Å². The lowest BCUT2D eigenvalue weighted by Crippen LogP contribution is -2.27. The Morgan fingerprint density at radius 3 is 2.62 bits per heavy atom. The summed E-state index contributed by atoms with van der Waals surface area (Å²) in [6.07, 6.45) is 2.52. The van der Waals surface area contributed by atoms with Crippen molar-refractivity contribution in [1.29, 1.82) is 0 Å². The van der Waals surface area contributed by atoms with Crippen LogP contribution in [-0.2, 0) is 0 Å². The zero-order valence-electron chi connectivity index (χ0n) is 5.78. The van der Waals surface area contributed by atoms with Crippen LogP contribution in [0.25, 0.3) is 0 Å². The van der Waals surface area contributed by atoms with Gasteiger partial charge in [0.15, 0.2) is 0 Å². The Morgan fingerprint density at radius 2 is 2.25 bits per heavy atom. The highest BCUT2D eigenvalue weighted by molar-refractivity contribution is 4.51. The fourth-order valence-electron chi connectivity index (χ4n) is 0.796. The Kier molecular flexibility index (Phi) is 5.01. The third kappa shape index (κ3) is 4.09. The highest BCUT2D eigenvalue weighted by Gasteiger charge is 1.95. The van der Waals surface area contributed by atoms with Gasteiger partial charge < -0.3 is 0 Å². The van der Waals surface area contributed by atoms with Crippen LogP contribution in [0.4, 0.5) is 0 Å². The van der Waals surface area contributed by atoms with Gasteiger partial charge in [-0.1, -0.05) is 20.3 Å². The SMILES string of the molecule is CCC[C@H](C)CNN. The van der Waals surface area contributed by atoms with Crippen molar-refractivity contribution < 1.29 is 0 Å². The monoisotopic (exact) mass is 116 g/mol. The maximum atomic E-state index is 5.11. The molecule has 3 N–H and O–H groups in total. The molecule has 1 atom stereocenters. The van der Waals surface area contributed by atoms with Crippen LogP contribution in [-0.4, -0.2) is 6.54 Å². The molecule has 0 saturated carbocycles. The molecule has 0 rings (SSSR count). The molecule has 8 heavy (non-hydrogen) atoms. The van der Waals surface area contributed by atoms with Crippen molar-refractivity contribution in [2.75, 3.05) is 6.54 Å². The van der Waals surface area contributed by atoms with E-state index in [-0.39, 0.29) is 0 Å². The van der Waals surface area contributed by atoms with E-state index in [9.17, 15) is 0 Å². The molecule has 0 aromatic heterocycles. The van der Waals surface area contributed by atoms with Gasteiger partial charge in [-0.15, -0.1) is 0 Å². The molecule has 0 aromatic rings. The maximum Gasteiger partial charge on any atom is 0.0123 e. The van der Waals surface area contributed by atoms with E-state index in [1.165, 1.54) is 12.8 Å². The second kappa shape index (κ2) is 5.06. The van der Waals surface area contributed by atoms with Crippen LogP contribution in [0.5, 0.6) is 0 Å². The third-order valence-electron chi connectivity index (χ3n) is 1.25. The standard InChI is InChI=1S/C6H16N2/c1-3-4-6(2)5-8-7/h6,8H,3-5,7H2,1-2H3/t6-/m0/s1. The first-order valence-corrected chi connectivity index (χ1v) is 3.24. The molecule has 2 nitrogen and oxygen atoms in total. The van der Waals surface area contributed by atoms with E-state index in [1.807, 2.05) is 0 Å². The summed E-state index contributed by atoms with van der Waals surface area (Å²) < 4.78 is 0. The van der Waals surface area contributed by atoms with E-state index < -0.39 is 0 Å². The summed E-state index contributed by atoms with van der Waals surface area (Å²) >= 11 is 0. The summed E-state index contributed by atoms with van der Waals surface area (Å²) in [6.45, 7) is 5.32. The van der Waals surface area contributed by atoms with Crippen molar-refractivity contribution in [3.63, 3.8) is 0 Å². The topological polar surface area (TPSA) is 38.0 Å². The van der Waals surface area contributed by atoms with Crippen LogP contribution in [0.15, 0.2) is 0 Å². The molecule has 0 aliphatic rings. The van der Waals surface area contributed by atoms with Gasteiger partial charge in [0, 0.05) is 6.54 Å². The molecule has 0 spiro atoms. The molecule has 0 aromatic carbocycles. The van der Waals surface area contributed by atoms with Crippen LogP contribution in [0.3, 0.4) is 0 Å². The Hall–Kier alpha value is -0.0800. The van der Waals surface area contributed by atoms with Crippen LogP contribution < -0.4 is 11.3 Å². The van der Waals surface area contributed by atoms with Gasteiger partial charge in [-0.25, -0.2) is 0 Å². The molecular formula is C6H16N2. The molecule has 0 aliphatic carbocycles. The first-order chi connectivity index (χ1) is 3.81.